The molecular formula is C14H24N2O2. The first kappa shape index (κ1) is 14.8. The molecule has 1 rings (SSSR count). The third-order valence-electron chi connectivity index (χ3n) is 2.61. The highest BCUT2D eigenvalue weighted by Crippen LogP contribution is 2.25. The summed E-state index contributed by atoms with van der Waals surface area (Å²) < 4.78 is 10.6. The van der Waals surface area contributed by atoms with Crippen molar-refractivity contribution >= 4 is 0 Å². The zero-order chi connectivity index (χ0) is 13.8. The Morgan fingerprint density at radius 1 is 1.22 bits per heavy atom. The van der Waals surface area contributed by atoms with Gasteiger partial charge in [-0.25, -0.2) is 0 Å². The molecule has 0 spiro atoms. The van der Waals surface area contributed by atoms with Crippen molar-refractivity contribution in [3.63, 3.8) is 0 Å². The van der Waals surface area contributed by atoms with Gasteiger partial charge in [0.25, 0.3) is 0 Å². The molecule has 18 heavy (non-hydrogen) atoms. The second kappa shape index (κ2) is 6.07. The third-order valence-corrected chi connectivity index (χ3v) is 2.61. The lowest BCUT2D eigenvalue weighted by molar-refractivity contribution is 0.259. The van der Waals surface area contributed by atoms with Crippen LogP contribution >= 0.6 is 0 Å². The Bertz CT molecular complexity index is 386. The molecule has 4 heteroatoms. The van der Waals surface area contributed by atoms with E-state index in [1.807, 2.05) is 32.0 Å². The van der Waals surface area contributed by atoms with E-state index in [1.165, 1.54) is 0 Å². The van der Waals surface area contributed by atoms with Gasteiger partial charge in [0.1, 0.15) is 11.5 Å². The van der Waals surface area contributed by atoms with Crippen LogP contribution in [0.25, 0.3) is 0 Å². The molecule has 1 aromatic rings. The van der Waals surface area contributed by atoms with Crippen LogP contribution in [0.5, 0.6) is 11.5 Å². The Kier molecular flexibility index (Phi) is 4.99. The molecule has 1 aromatic carbocycles. The van der Waals surface area contributed by atoms with Gasteiger partial charge < -0.3 is 20.1 Å². The normalized spacial score (nSPS) is 11.7. The van der Waals surface area contributed by atoms with Crippen LogP contribution in [0.2, 0.25) is 0 Å². The van der Waals surface area contributed by atoms with Crippen molar-refractivity contribution in [2.75, 3.05) is 27.8 Å². The maximum atomic E-state index is 6.01. The number of nitrogens with zero attached hydrogens (tertiary/aromatic N) is 1. The van der Waals surface area contributed by atoms with E-state index in [9.17, 15) is 0 Å². The Morgan fingerprint density at radius 2 is 1.89 bits per heavy atom. The number of likely N-dealkylation sites (N-methyl/N-ethyl adjacent to an activating group) is 1. The van der Waals surface area contributed by atoms with Crippen LogP contribution in [0.4, 0.5) is 0 Å². The average Bonchev–Trinajstić information content (AvgIpc) is 2.27. The van der Waals surface area contributed by atoms with Crippen LogP contribution < -0.4 is 15.2 Å². The maximum absolute atomic E-state index is 6.01. The molecule has 4 nitrogen and oxygen atoms in total. The van der Waals surface area contributed by atoms with Crippen LogP contribution in [0.15, 0.2) is 18.2 Å². The van der Waals surface area contributed by atoms with Crippen LogP contribution in [-0.2, 0) is 6.54 Å². The zero-order valence-electron chi connectivity index (χ0n) is 12.0. The van der Waals surface area contributed by atoms with E-state index in [-0.39, 0.29) is 5.54 Å². The molecule has 0 amide bonds. The summed E-state index contributed by atoms with van der Waals surface area (Å²) in [5.41, 5.74) is 6.94. The molecule has 0 aliphatic heterocycles. The van der Waals surface area contributed by atoms with Crippen molar-refractivity contribution in [3.05, 3.63) is 23.8 Å². The van der Waals surface area contributed by atoms with Gasteiger partial charge in [-0.3, -0.25) is 0 Å². The maximum Gasteiger partial charge on any atom is 0.127 e. The Morgan fingerprint density at radius 3 is 2.39 bits per heavy atom. The van der Waals surface area contributed by atoms with Gasteiger partial charge in [-0.15, -0.1) is 0 Å². The standard InChI is InChI=1S/C14H24N2O2/c1-14(2,15)10-16(3)9-11-6-7-12(17-4)8-13(11)18-5/h6-8H,9-10,15H2,1-5H3. The summed E-state index contributed by atoms with van der Waals surface area (Å²) in [6.07, 6.45) is 0. The van der Waals surface area contributed by atoms with Crippen molar-refractivity contribution < 1.29 is 9.47 Å². The SMILES string of the molecule is COc1ccc(CN(C)CC(C)(C)N)c(OC)c1. The van der Waals surface area contributed by atoms with Crippen LogP contribution in [0, 0.1) is 0 Å². The summed E-state index contributed by atoms with van der Waals surface area (Å²) in [6, 6.07) is 5.87. The second-order valence-electron chi connectivity index (χ2n) is 5.34. The number of benzene rings is 1. The number of ether oxygens (including phenoxy) is 2. The molecule has 0 atom stereocenters. The summed E-state index contributed by atoms with van der Waals surface area (Å²) in [4.78, 5) is 2.18. The summed E-state index contributed by atoms with van der Waals surface area (Å²) in [5, 5.41) is 0. The molecule has 102 valence electrons. The number of hydrogen-bond acceptors (Lipinski definition) is 4. The zero-order valence-corrected chi connectivity index (χ0v) is 12.0. The van der Waals surface area contributed by atoms with Gasteiger partial charge in [0.05, 0.1) is 14.2 Å². The molecule has 0 aliphatic rings. The first-order valence-corrected chi connectivity index (χ1v) is 6.04. The molecular weight excluding hydrogens is 228 g/mol. The quantitative estimate of drug-likeness (QED) is 0.839. The van der Waals surface area contributed by atoms with Gasteiger partial charge in [-0.1, -0.05) is 6.07 Å². The highest BCUT2D eigenvalue weighted by Gasteiger charge is 2.15. The van der Waals surface area contributed by atoms with Crippen molar-refractivity contribution in [2.45, 2.75) is 25.9 Å². The van der Waals surface area contributed by atoms with Crippen molar-refractivity contribution in [1.29, 1.82) is 0 Å². The minimum Gasteiger partial charge on any atom is -0.497 e. The molecule has 0 unspecified atom stereocenters. The van der Waals surface area contributed by atoms with E-state index in [4.69, 9.17) is 15.2 Å². The summed E-state index contributed by atoms with van der Waals surface area (Å²) in [5.74, 6) is 1.65. The lowest BCUT2D eigenvalue weighted by Gasteiger charge is -2.27. The number of rotatable bonds is 6. The molecule has 0 saturated heterocycles. The number of hydrogen-bond donors (Lipinski definition) is 1. The number of methoxy groups -OCH3 is 2. The summed E-state index contributed by atoms with van der Waals surface area (Å²) in [7, 11) is 5.38. The fraction of sp³-hybridized carbons (Fsp3) is 0.571. The minimum atomic E-state index is -0.200. The van der Waals surface area contributed by atoms with Gasteiger partial charge in [0, 0.05) is 30.3 Å². The predicted octanol–water partition coefficient (Wildman–Crippen LogP) is 1.87. The number of nitrogens with two attached hydrogens (primary N) is 1. The van der Waals surface area contributed by atoms with Crippen molar-refractivity contribution in [3.8, 4) is 11.5 Å². The van der Waals surface area contributed by atoms with Crippen LogP contribution in [0.3, 0.4) is 0 Å². The average molecular weight is 252 g/mol. The summed E-state index contributed by atoms with van der Waals surface area (Å²) in [6.45, 7) is 5.67. The van der Waals surface area contributed by atoms with Gasteiger partial charge in [-0.05, 0) is 27.0 Å². The van der Waals surface area contributed by atoms with Gasteiger partial charge in [0.15, 0.2) is 0 Å². The lowest BCUT2D eigenvalue weighted by Crippen LogP contribution is -2.43. The van der Waals surface area contributed by atoms with E-state index < -0.39 is 0 Å². The second-order valence-corrected chi connectivity index (χ2v) is 5.34. The van der Waals surface area contributed by atoms with Crippen LogP contribution in [-0.4, -0.2) is 38.3 Å². The van der Waals surface area contributed by atoms with E-state index in [0.29, 0.717) is 0 Å². The first-order chi connectivity index (χ1) is 8.35. The van der Waals surface area contributed by atoms with Gasteiger partial charge >= 0.3 is 0 Å². The minimum absolute atomic E-state index is 0.200. The largest absolute Gasteiger partial charge is 0.497 e. The van der Waals surface area contributed by atoms with Gasteiger partial charge in [-0.2, -0.15) is 0 Å². The van der Waals surface area contributed by atoms with E-state index >= 15 is 0 Å². The molecule has 0 heterocycles. The van der Waals surface area contributed by atoms with Crippen LogP contribution in [0.1, 0.15) is 19.4 Å². The smallest absolute Gasteiger partial charge is 0.127 e. The van der Waals surface area contributed by atoms with E-state index in [1.54, 1.807) is 14.2 Å². The Hall–Kier alpha value is -1.26. The molecule has 0 bridgehead atoms. The van der Waals surface area contributed by atoms with Crippen molar-refractivity contribution in [2.24, 2.45) is 5.73 Å². The highest BCUT2D eigenvalue weighted by molar-refractivity contribution is 5.40. The lowest BCUT2D eigenvalue weighted by atomic mass is 10.1. The topological polar surface area (TPSA) is 47.7 Å². The van der Waals surface area contributed by atoms with E-state index in [0.717, 1.165) is 30.2 Å². The predicted molar refractivity (Wildman–Crippen MR) is 74.1 cm³/mol. The molecule has 2 N–H and O–H groups in total. The molecule has 0 aromatic heterocycles. The fourth-order valence-corrected chi connectivity index (χ4v) is 2.02. The first-order valence-electron chi connectivity index (χ1n) is 6.04. The Balaban J connectivity index is 2.77. The third kappa shape index (κ3) is 4.55. The van der Waals surface area contributed by atoms with Crippen molar-refractivity contribution in [1.82, 2.24) is 4.90 Å². The highest BCUT2D eigenvalue weighted by atomic mass is 16.5. The van der Waals surface area contributed by atoms with Gasteiger partial charge in [0.2, 0.25) is 0 Å². The monoisotopic (exact) mass is 252 g/mol. The van der Waals surface area contributed by atoms with E-state index in [2.05, 4.69) is 11.9 Å². The Labute approximate surface area is 110 Å². The fourth-order valence-electron chi connectivity index (χ4n) is 2.02. The molecule has 0 fully saturated rings. The molecule has 0 saturated carbocycles. The summed E-state index contributed by atoms with van der Waals surface area (Å²) >= 11 is 0. The molecule has 0 radical (unpaired) electrons. The molecule has 0 aliphatic carbocycles.